The fourth-order valence-corrected chi connectivity index (χ4v) is 2.23. The van der Waals surface area contributed by atoms with E-state index < -0.39 is 5.97 Å². The van der Waals surface area contributed by atoms with Crippen molar-refractivity contribution in [2.75, 3.05) is 13.6 Å². The molecule has 0 aromatic heterocycles. The summed E-state index contributed by atoms with van der Waals surface area (Å²) in [6, 6.07) is 9.37. The maximum absolute atomic E-state index is 11.8. The molecule has 0 N–H and O–H groups in total. The Morgan fingerprint density at radius 1 is 1.30 bits per heavy atom. The predicted molar refractivity (Wildman–Crippen MR) is 75.2 cm³/mol. The molecule has 0 radical (unpaired) electrons. The molecule has 0 amide bonds. The van der Waals surface area contributed by atoms with Crippen LogP contribution < -0.4 is 12.4 Å². The molecule has 0 spiro atoms. The van der Waals surface area contributed by atoms with Crippen LogP contribution in [0.3, 0.4) is 0 Å². The molecule has 0 saturated carbocycles. The van der Waals surface area contributed by atoms with Crippen molar-refractivity contribution < 1.29 is 22.0 Å². The predicted octanol–water partition coefficient (Wildman–Crippen LogP) is -0.436. The normalized spacial score (nSPS) is 25.1. The average molecular weight is 296 g/mol. The van der Waals surface area contributed by atoms with Crippen molar-refractivity contribution in [1.82, 2.24) is 4.90 Å². The topological polar surface area (TPSA) is 41.9 Å². The Kier molecular flexibility index (Phi) is 6.17. The summed E-state index contributed by atoms with van der Waals surface area (Å²) in [4.78, 5) is 19.1. The molecule has 2 unspecified atom stereocenters. The molecule has 1 fully saturated rings. The van der Waals surface area contributed by atoms with Gasteiger partial charge in [0.15, 0.2) is 0 Å². The summed E-state index contributed by atoms with van der Waals surface area (Å²) in [7, 11) is 2.11. The quantitative estimate of drug-likeness (QED) is 0.549. The van der Waals surface area contributed by atoms with E-state index in [4.69, 9.17) is 4.84 Å². The molecule has 2 atom stereocenters. The molecule has 1 saturated heterocycles. The van der Waals surface area contributed by atoms with Crippen LogP contribution in [0.4, 0.5) is 0 Å². The van der Waals surface area contributed by atoms with Crippen LogP contribution in [0, 0.1) is 5.92 Å². The molecule has 0 bridgehead atoms. The van der Waals surface area contributed by atoms with Crippen LogP contribution in [0.5, 0.6) is 0 Å². The number of carbonyl (C=O) groups excluding carboxylic acids is 1. The maximum atomic E-state index is 11.8. The Hall–Kier alpha value is -1.39. The highest BCUT2D eigenvalue weighted by atomic mass is 35.5. The first-order valence-corrected chi connectivity index (χ1v) is 6.61. The van der Waals surface area contributed by atoms with E-state index in [1.165, 1.54) is 0 Å². The highest BCUT2D eigenvalue weighted by Crippen LogP contribution is 2.18. The largest absolute Gasteiger partial charge is 1.00 e. The number of rotatable bonds is 2. The van der Waals surface area contributed by atoms with E-state index in [1.54, 1.807) is 12.1 Å². The minimum absolute atomic E-state index is 0. The highest BCUT2D eigenvalue weighted by molar-refractivity contribution is 5.91. The lowest BCUT2D eigenvalue weighted by Gasteiger charge is -2.34. The number of likely N-dealkylation sites (tertiary alicyclic amines) is 1. The minimum Gasteiger partial charge on any atom is -1.00 e. The number of hydrogen-bond donors (Lipinski definition) is 0. The molecule has 0 aliphatic carbocycles. The summed E-state index contributed by atoms with van der Waals surface area (Å²) < 4.78 is 0. The lowest BCUT2D eigenvalue weighted by Crippen LogP contribution is -3.00. The molecule has 1 aliphatic rings. The third kappa shape index (κ3) is 4.05. The van der Waals surface area contributed by atoms with Crippen LogP contribution in [0.1, 0.15) is 30.6 Å². The molecular weight excluding hydrogens is 276 g/mol. The van der Waals surface area contributed by atoms with Crippen molar-refractivity contribution in [3.05, 3.63) is 35.9 Å². The molecule has 1 heterocycles. The molecule has 20 heavy (non-hydrogen) atoms. The Morgan fingerprint density at radius 3 is 2.60 bits per heavy atom. The molecule has 1 aromatic rings. The van der Waals surface area contributed by atoms with Gasteiger partial charge in [0.1, 0.15) is 0 Å². The van der Waals surface area contributed by atoms with E-state index in [2.05, 4.69) is 31.0 Å². The number of oxime groups is 1. The number of nitrogens with zero attached hydrogens (tertiary/aromatic N) is 2. The standard InChI is InChI=1S/C15H20N2O2.ClH/c1-11-10-17(3)12(2)9-14(11)16-19-15(18)13-7-5-4-6-8-13;/h4-8,11-12H,9-10H2,1-3H3;1H/p-1. The zero-order valence-corrected chi connectivity index (χ0v) is 12.8. The number of piperidine rings is 1. The summed E-state index contributed by atoms with van der Waals surface area (Å²) >= 11 is 0. The van der Waals surface area contributed by atoms with E-state index in [-0.39, 0.29) is 12.4 Å². The second kappa shape index (κ2) is 7.41. The Balaban J connectivity index is 0.00000200. The van der Waals surface area contributed by atoms with Gasteiger partial charge in [-0.3, -0.25) is 0 Å². The first kappa shape index (κ1) is 16.7. The van der Waals surface area contributed by atoms with Crippen molar-refractivity contribution >= 4 is 11.7 Å². The first-order valence-electron chi connectivity index (χ1n) is 6.61. The molecule has 4 nitrogen and oxygen atoms in total. The van der Waals surface area contributed by atoms with Crippen LogP contribution in [0.2, 0.25) is 0 Å². The second-order valence-electron chi connectivity index (χ2n) is 5.22. The van der Waals surface area contributed by atoms with Crippen molar-refractivity contribution in [3.63, 3.8) is 0 Å². The van der Waals surface area contributed by atoms with Crippen molar-refractivity contribution in [1.29, 1.82) is 0 Å². The summed E-state index contributed by atoms with van der Waals surface area (Å²) in [5.41, 5.74) is 1.50. The smallest absolute Gasteiger partial charge is 0.365 e. The highest BCUT2D eigenvalue weighted by Gasteiger charge is 2.26. The van der Waals surface area contributed by atoms with Gasteiger partial charge in [-0.2, -0.15) is 0 Å². The third-order valence-corrected chi connectivity index (χ3v) is 3.64. The molecule has 1 aromatic carbocycles. The van der Waals surface area contributed by atoms with E-state index >= 15 is 0 Å². The van der Waals surface area contributed by atoms with E-state index in [9.17, 15) is 4.79 Å². The van der Waals surface area contributed by atoms with Gasteiger partial charge in [0, 0.05) is 24.9 Å². The number of benzene rings is 1. The third-order valence-electron chi connectivity index (χ3n) is 3.64. The molecule has 2 rings (SSSR count). The Morgan fingerprint density at radius 2 is 1.95 bits per heavy atom. The first-order chi connectivity index (χ1) is 9.08. The zero-order chi connectivity index (χ0) is 13.8. The van der Waals surface area contributed by atoms with E-state index in [0.29, 0.717) is 17.5 Å². The van der Waals surface area contributed by atoms with Gasteiger partial charge in [-0.15, -0.1) is 0 Å². The minimum atomic E-state index is -0.396. The van der Waals surface area contributed by atoms with Crippen LogP contribution in [-0.2, 0) is 4.84 Å². The lowest BCUT2D eigenvalue weighted by molar-refractivity contribution is -0.0000207. The number of hydrogen-bond acceptors (Lipinski definition) is 4. The molecular formula is C15H20ClN2O2-. The van der Waals surface area contributed by atoms with E-state index in [1.807, 2.05) is 18.2 Å². The fraction of sp³-hybridized carbons (Fsp3) is 0.467. The monoisotopic (exact) mass is 295 g/mol. The van der Waals surface area contributed by atoms with Gasteiger partial charge in [-0.25, -0.2) is 4.79 Å². The zero-order valence-electron chi connectivity index (χ0n) is 12.0. The molecule has 5 heteroatoms. The van der Waals surface area contributed by atoms with Gasteiger partial charge in [-0.05, 0) is 26.1 Å². The lowest BCUT2D eigenvalue weighted by atomic mass is 9.93. The van der Waals surface area contributed by atoms with Crippen LogP contribution in [0.15, 0.2) is 35.5 Å². The van der Waals surface area contributed by atoms with Gasteiger partial charge >= 0.3 is 5.97 Å². The molecule has 1 aliphatic heterocycles. The Labute approximate surface area is 126 Å². The van der Waals surface area contributed by atoms with Crippen molar-refractivity contribution in [2.24, 2.45) is 11.1 Å². The van der Waals surface area contributed by atoms with Gasteiger partial charge < -0.3 is 22.1 Å². The van der Waals surface area contributed by atoms with Crippen molar-refractivity contribution in [3.8, 4) is 0 Å². The summed E-state index contributed by atoms with van der Waals surface area (Å²) in [5, 5.41) is 4.07. The van der Waals surface area contributed by atoms with Crippen LogP contribution >= 0.6 is 0 Å². The Bertz CT molecular complexity index is 476. The van der Waals surface area contributed by atoms with E-state index in [0.717, 1.165) is 18.7 Å². The van der Waals surface area contributed by atoms with Crippen molar-refractivity contribution in [2.45, 2.75) is 26.3 Å². The number of halogens is 1. The van der Waals surface area contributed by atoms with Crippen LogP contribution in [-0.4, -0.2) is 36.2 Å². The summed E-state index contributed by atoms with van der Waals surface area (Å²) in [6.45, 7) is 5.21. The van der Waals surface area contributed by atoms with Gasteiger partial charge in [0.05, 0.1) is 11.3 Å². The SMILES string of the molecule is CC1CN(C)C(C)CC1=NOC(=O)c1ccccc1.[Cl-]. The molecule has 110 valence electrons. The fourth-order valence-electron chi connectivity index (χ4n) is 2.23. The summed E-state index contributed by atoms with van der Waals surface area (Å²) in [5.74, 6) is -0.0725. The van der Waals surface area contributed by atoms with Gasteiger partial charge in [-0.1, -0.05) is 30.3 Å². The maximum Gasteiger partial charge on any atom is 0.365 e. The van der Waals surface area contributed by atoms with Gasteiger partial charge in [0.25, 0.3) is 0 Å². The van der Waals surface area contributed by atoms with Crippen LogP contribution in [0.25, 0.3) is 0 Å². The summed E-state index contributed by atoms with van der Waals surface area (Å²) in [6.07, 6.45) is 0.847. The number of carbonyl (C=O) groups is 1. The van der Waals surface area contributed by atoms with Gasteiger partial charge in [0.2, 0.25) is 0 Å². The average Bonchev–Trinajstić information content (AvgIpc) is 2.42. The second-order valence-corrected chi connectivity index (χ2v) is 5.22.